The number of rotatable bonds is 5. The lowest BCUT2D eigenvalue weighted by Gasteiger charge is -2.16. The molecule has 0 fully saturated rings. The summed E-state index contributed by atoms with van der Waals surface area (Å²) >= 11 is 0. The van der Waals surface area contributed by atoms with E-state index in [1.165, 1.54) is 0 Å². The van der Waals surface area contributed by atoms with Crippen molar-refractivity contribution in [3.63, 3.8) is 0 Å². The summed E-state index contributed by atoms with van der Waals surface area (Å²) in [5.41, 5.74) is 3.92. The van der Waals surface area contributed by atoms with E-state index < -0.39 is 0 Å². The first-order valence-corrected chi connectivity index (χ1v) is 8.35. The van der Waals surface area contributed by atoms with Crippen molar-refractivity contribution in [1.82, 2.24) is 19.9 Å². The maximum absolute atomic E-state index is 12.7. The molecule has 0 saturated carbocycles. The van der Waals surface area contributed by atoms with Crippen LogP contribution in [0, 0.1) is 13.8 Å². The van der Waals surface area contributed by atoms with E-state index in [-0.39, 0.29) is 11.9 Å². The van der Waals surface area contributed by atoms with Gasteiger partial charge >= 0.3 is 0 Å². The highest BCUT2D eigenvalue weighted by molar-refractivity contribution is 5.95. The van der Waals surface area contributed by atoms with Crippen LogP contribution in [0.4, 0.5) is 0 Å². The van der Waals surface area contributed by atoms with Crippen LogP contribution in [0.2, 0.25) is 0 Å². The van der Waals surface area contributed by atoms with Gasteiger partial charge in [-0.05, 0) is 45.4 Å². The molecule has 25 heavy (non-hydrogen) atoms. The number of amides is 1. The van der Waals surface area contributed by atoms with Crippen LogP contribution in [0.3, 0.4) is 0 Å². The molecule has 1 unspecified atom stereocenters. The van der Waals surface area contributed by atoms with Crippen molar-refractivity contribution < 1.29 is 9.53 Å². The molecule has 6 nitrogen and oxygen atoms in total. The van der Waals surface area contributed by atoms with E-state index in [1.807, 2.05) is 58.0 Å². The number of carbonyl (C=O) groups excluding carboxylic acids is 1. The smallest absolute Gasteiger partial charge is 0.255 e. The third kappa shape index (κ3) is 3.47. The minimum atomic E-state index is -0.165. The van der Waals surface area contributed by atoms with E-state index in [1.54, 1.807) is 10.7 Å². The lowest BCUT2D eigenvalue weighted by atomic mass is 10.1. The quantitative estimate of drug-likeness (QED) is 0.775. The van der Waals surface area contributed by atoms with Gasteiger partial charge in [-0.3, -0.25) is 4.79 Å². The molecule has 1 aromatic carbocycles. The van der Waals surface area contributed by atoms with Crippen LogP contribution in [0.1, 0.15) is 47.2 Å². The van der Waals surface area contributed by atoms with Gasteiger partial charge in [0.1, 0.15) is 5.75 Å². The molecule has 3 rings (SSSR count). The zero-order valence-corrected chi connectivity index (χ0v) is 14.9. The molecule has 0 bridgehead atoms. The molecule has 0 aliphatic rings. The number of aryl methyl sites for hydroxylation is 2. The molecule has 6 heteroatoms. The van der Waals surface area contributed by atoms with Gasteiger partial charge in [-0.15, -0.1) is 0 Å². The molecule has 130 valence electrons. The first-order chi connectivity index (χ1) is 12.0. The Morgan fingerprint density at radius 1 is 1.28 bits per heavy atom. The van der Waals surface area contributed by atoms with Gasteiger partial charge in [0.05, 0.1) is 29.6 Å². The van der Waals surface area contributed by atoms with Crippen molar-refractivity contribution in [2.75, 3.05) is 6.61 Å². The Bertz CT molecular complexity index is 900. The highest BCUT2D eigenvalue weighted by atomic mass is 16.5. The number of aromatic nitrogens is 3. The van der Waals surface area contributed by atoms with Gasteiger partial charge in [0, 0.05) is 12.3 Å². The molecule has 1 atom stereocenters. The van der Waals surface area contributed by atoms with E-state index in [2.05, 4.69) is 15.4 Å². The van der Waals surface area contributed by atoms with Crippen molar-refractivity contribution in [2.45, 2.75) is 33.7 Å². The van der Waals surface area contributed by atoms with Gasteiger partial charge in [-0.25, -0.2) is 9.50 Å². The van der Waals surface area contributed by atoms with E-state index in [9.17, 15) is 4.79 Å². The van der Waals surface area contributed by atoms with Crippen molar-refractivity contribution in [3.8, 4) is 5.75 Å². The van der Waals surface area contributed by atoms with E-state index in [0.717, 1.165) is 28.3 Å². The average Bonchev–Trinajstić information content (AvgIpc) is 2.97. The molecule has 0 saturated heterocycles. The number of hydrogen-bond donors (Lipinski definition) is 1. The van der Waals surface area contributed by atoms with E-state index in [0.29, 0.717) is 12.2 Å². The fourth-order valence-corrected chi connectivity index (χ4v) is 2.76. The van der Waals surface area contributed by atoms with Crippen molar-refractivity contribution in [3.05, 3.63) is 59.0 Å². The number of nitrogens with zero attached hydrogens (tertiary/aromatic N) is 3. The van der Waals surface area contributed by atoms with Crippen molar-refractivity contribution in [2.24, 2.45) is 0 Å². The van der Waals surface area contributed by atoms with E-state index in [4.69, 9.17) is 4.74 Å². The Hall–Kier alpha value is -2.89. The minimum Gasteiger partial charge on any atom is -0.494 e. The first kappa shape index (κ1) is 17.0. The van der Waals surface area contributed by atoms with Crippen molar-refractivity contribution in [1.29, 1.82) is 0 Å². The Morgan fingerprint density at radius 2 is 2.00 bits per heavy atom. The Labute approximate surface area is 146 Å². The lowest BCUT2D eigenvalue weighted by molar-refractivity contribution is 0.0938. The molecule has 2 aromatic heterocycles. The fourth-order valence-electron chi connectivity index (χ4n) is 2.76. The highest BCUT2D eigenvalue weighted by Gasteiger charge is 2.16. The number of hydrogen-bond acceptors (Lipinski definition) is 4. The normalized spacial score (nSPS) is 12.2. The molecule has 0 aliphatic heterocycles. The maximum Gasteiger partial charge on any atom is 0.255 e. The van der Waals surface area contributed by atoms with E-state index >= 15 is 0 Å². The van der Waals surface area contributed by atoms with Gasteiger partial charge in [-0.2, -0.15) is 5.10 Å². The third-order valence-electron chi connectivity index (χ3n) is 4.13. The summed E-state index contributed by atoms with van der Waals surface area (Å²) in [6, 6.07) is 9.50. The monoisotopic (exact) mass is 338 g/mol. The van der Waals surface area contributed by atoms with Gasteiger partial charge in [0.25, 0.3) is 5.91 Å². The standard InChI is InChI=1S/C19H22N4O2/c1-5-25-16-8-6-15(7-9-16)13(3)21-19(24)17-11-20-18-10-12(2)22-23(18)14(17)4/h6-11,13H,5H2,1-4H3,(H,21,24). The van der Waals surface area contributed by atoms with Gasteiger partial charge in [-0.1, -0.05) is 12.1 Å². The largest absolute Gasteiger partial charge is 0.494 e. The summed E-state index contributed by atoms with van der Waals surface area (Å²) in [6.07, 6.45) is 1.60. The molecule has 0 radical (unpaired) electrons. The number of fused-ring (bicyclic) bond motifs is 1. The second kappa shape index (κ2) is 6.93. The first-order valence-electron chi connectivity index (χ1n) is 8.35. The summed E-state index contributed by atoms with van der Waals surface area (Å²) in [5.74, 6) is 0.658. The Morgan fingerprint density at radius 3 is 2.68 bits per heavy atom. The molecule has 0 aliphatic carbocycles. The summed E-state index contributed by atoms with van der Waals surface area (Å²) in [5, 5.41) is 7.40. The maximum atomic E-state index is 12.7. The zero-order valence-electron chi connectivity index (χ0n) is 14.9. The average molecular weight is 338 g/mol. The molecule has 1 N–H and O–H groups in total. The molecule has 1 amide bonds. The van der Waals surface area contributed by atoms with Crippen LogP contribution in [-0.2, 0) is 0 Å². The second-order valence-electron chi connectivity index (χ2n) is 6.01. The number of nitrogens with one attached hydrogen (secondary N) is 1. The van der Waals surface area contributed by atoms with Crippen molar-refractivity contribution >= 4 is 11.6 Å². The topological polar surface area (TPSA) is 68.5 Å². The molecule has 2 heterocycles. The van der Waals surface area contributed by atoms with Gasteiger partial charge in [0.15, 0.2) is 5.65 Å². The van der Waals surface area contributed by atoms with Crippen LogP contribution in [0.15, 0.2) is 36.5 Å². The van der Waals surface area contributed by atoms with Gasteiger partial charge in [0.2, 0.25) is 0 Å². The Balaban J connectivity index is 1.78. The van der Waals surface area contributed by atoms with Crippen LogP contribution < -0.4 is 10.1 Å². The van der Waals surface area contributed by atoms with Crippen LogP contribution >= 0.6 is 0 Å². The summed E-state index contributed by atoms with van der Waals surface area (Å²) < 4.78 is 7.14. The number of ether oxygens (including phenoxy) is 1. The van der Waals surface area contributed by atoms with Crippen LogP contribution in [0.25, 0.3) is 5.65 Å². The molecule has 3 aromatic rings. The SMILES string of the molecule is CCOc1ccc(C(C)NC(=O)c2cnc3cc(C)nn3c2C)cc1. The minimum absolute atomic E-state index is 0.127. The lowest BCUT2D eigenvalue weighted by Crippen LogP contribution is -2.28. The summed E-state index contributed by atoms with van der Waals surface area (Å²) in [7, 11) is 0. The van der Waals surface area contributed by atoms with Gasteiger partial charge < -0.3 is 10.1 Å². The molecular weight excluding hydrogens is 316 g/mol. The molecule has 0 spiro atoms. The number of benzene rings is 1. The predicted octanol–water partition coefficient (Wildman–Crippen LogP) is 3.24. The van der Waals surface area contributed by atoms with Crippen LogP contribution in [-0.4, -0.2) is 27.1 Å². The third-order valence-corrected chi connectivity index (χ3v) is 4.13. The second-order valence-corrected chi connectivity index (χ2v) is 6.01. The summed E-state index contributed by atoms with van der Waals surface area (Å²) in [6.45, 7) is 8.31. The molecular formula is C19H22N4O2. The number of carbonyl (C=O) groups is 1. The Kier molecular flexibility index (Phi) is 4.70. The fraction of sp³-hybridized carbons (Fsp3) is 0.316. The highest BCUT2D eigenvalue weighted by Crippen LogP contribution is 2.19. The summed E-state index contributed by atoms with van der Waals surface area (Å²) in [4.78, 5) is 17.0. The van der Waals surface area contributed by atoms with Crippen LogP contribution in [0.5, 0.6) is 5.75 Å². The zero-order chi connectivity index (χ0) is 18.0. The predicted molar refractivity (Wildman–Crippen MR) is 96.0 cm³/mol.